The van der Waals surface area contributed by atoms with Gasteiger partial charge in [-0.1, -0.05) is 24.5 Å². The maximum Gasteiger partial charge on any atom is 0.231 e. The molecule has 3 heteroatoms. The van der Waals surface area contributed by atoms with Crippen molar-refractivity contribution in [1.29, 1.82) is 0 Å². The summed E-state index contributed by atoms with van der Waals surface area (Å²) in [6.45, 7) is 4.78. The van der Waals surface area contributed by atoms with Crippen molar-refractivity contribution >= 4 is 5.78 Å². The lowest BCUT2D eigenvalue weighted by atomic mass is 9.55. The molecular weight excluding hydrogens is 384 g/mol. The van der Waals surface area contributed by atoms with Crippen molar-refractivity contribution in [2.75, 3.05) is 6.79 Å². The molecule has 2 unspecified atom stereocenters. The molecule has 31 heavy (non-hydrogen) atoms. The molecule has 6 rings (SSSR count). The van der Waals surface area contributed by atoms with Gasteiger partial charge in [-0.05, 0) is 97.6 Å². The summed E-state index contributed by atoms with van der Waals surface area (Å²) in [6.07, 6.45) is 9.67. The average molecular weight is 415 g/mol. The first-order valence-corrected chi connectivity index (χ1v) is 11.9. The molecule has 2 saturated carbocycles. The Kier molecular flexibility index (Phi) is 4.36. The fourth-order valence-electron chi connectivity index (χ4n) is 7.46. The van der Waals surface area contributed by atoms with Crippen LogP contribution in [-0.2, 0) is 4.79 Å². The van der Waals surface area contributed by atoms with Gasteiger partial charge in [0.05, 0.1) is 0 Å². The van der Waals surface area contributed by atoms with Crippen molar-refractivity contribution in [2.24, 2.45) is 23.2 Å². The molecule has 4 aliphatic carbocycles. The van der Waals surface area contributed by atoms with E-state index in [0.29, 0.717) is 23.7 Å². The molecule has 0 aromatic heterocycles. The van der Waals surface area contributed by atoms with E-state index in [-0.39, 0.29) is 18.5 Å². The van der Waals surface area contributed by atoms with Gasteiger partial charge in [-0.15, -0.1) is 5.92 Å². The van der Waals surface area contributed by atoms with Crippen LogP contribution in [0.15, 0.2) is 41.0 Å². The lowest BCUT2D eigenvalue weighted by Gasteiger charge is -2.49. The third-order valence-corrected chi connectivity index (χ3v) is 8.90. The third-order valence-electron chi connectivity index (χ3n) is 8.90. The highest BCUT2D eigenvalue weighted by Crippen LogP contribution is 2.63. The van der Waals surface area contributed by atoms with Gasteiger partial charge in [0.2, 0.25) is 6.79 Å². The third kappa shape index (κ3) is 2.84. The summed E-state index contributed by atoms with van der Waals surface area (Å²) >= 11 is 0. The maximum atomic E-state index is 12.7. The van der Waals surface area contributed by atoms with E-state index in [0.717, 1.165) is 30.3 Å². The van der Waals surface area contributed by atoms with Crippen molar-refractivity contribution in [3.8, 4) is 23.3 Å². The molecular formula is C28H30O3. The first-order valence-electron chi connectivity index (χ1n) is 11.9. The van der Waals surface area contributed by atoms with E-state index in [1.165, 1.54) is 42.4 Å². The van der Waals surface area contributed by atoms with E-state index < -0.39 is 0 Å². The molecule has 5 atom stereocenters. The molecule has 0 spiro atoms. The lowest BCUT2D eigenvalue weighted by Crippen LogP contribution is -2.40. The van der Waals surface area contributed by atoms with E-state index in [1.807, 2.05) is 19.1 Å². The standard InChI is InChI=1S/C28H30O3/c1-3-4-19-7-9-24-21-8-5-18-13-20(29)15-23(27(18)22(21)11-12-28(19,24)2)17-6-10-25-26(14-17)31-16-30-25/h6,10,13-14,19,21,23-24H,5,7-9,11-12,15-16H2,1-2H3/t19?,21-,23?,24+,28-/m1/s1. The number of carbonyl (C=O) groups is 1. The number of ether oxygens (including phenoxy) is 2. The SMILES string of the molecule is CC#CC1CC[C@H]2[C@@H]3CCC4=CC(=O)CC(c5ccc6c(c5)OCO6)C4=C3CC[C@]12C. The van der Waals surface area contributed by atoms with Gasteiger partial charge in [-0.2, -0.15) is 0 Å². The van der Waals surface area contributed by atoms with Crippen LogP contribution < -0.4 is 9.47 Å². The van der Waals surface area contributed by atoms with Crippen LogP contribution in [0.2, 0.25) is 0 Å². The van der Waals surface area contributed by atoms with Crippen LogP contribution in [0, 0.1) is 35.0 Å². The fraction of sp³-hybridized carbons (Fsp3) is 0.536. The molecule has 1 aliphatic heterocycles. The minimum atomic E-state index is 0.150. The maximum absolute atomic E-state index is 12.7. The summed E-state index contributed by atoms with van der Waals surface area (Å²) in [4.78, 5) is 12.7. The zero-order valence-corrected chi connectivity index (χ0v) is 18.5. The van der Waals surface area contributed by atoms with Crippen molar-refractivity contribution in [3.63, 3.8) is 0 Å². The molecule has 0 amide bonds. The van der Waals surface area contributed by atoms with Crippen molar-refractivity contribution in [2.45, 2.75) is 64.7 Å². The average Bonchev–Trinajstić information content (AvgIpc) is 3.37. The van der Waals surface area contributed by atoms with Gasteiger partial charge in [0.15, 0.2) is 17.3 Å². The summed E-state index contributed by atoms with van der Waals surface area (Å²) in [6, 6.07) is 6.26. The van der Waals surface area contributed by atoms with Crippen LogP contribution in [-0.4, -0.2) is 12.6 Å². The Morgan fingerprint density at radius 2 is 1.97 bits per heavy atom. The number of rotatable bonds is 1. The summed E-state index contributed by atoms with van der Waals surface area (Å²) in [5.74, 6) is 10.7. The quantitative estimate of drug-likeness (QED) is 0.532. The van der Waals surface area contributed by atoms with Gasteiger partial charge in [0.25, 0.3) is 0 Å². The minimum Gasteiger partial charge on any atom is -0.454 e. The largest absolute Gasteiger partial charge is 0.454 e. The van der Waals surface area contributed by atoms with E-state index in [1.54, 1.807) is 5.57 Å². The Morgan fingerprint density at radius 3 is 2.84 bits per heavy atom. The van der Waals surface area contributed by atoms with Gasteiger partial charge in [0.1, 0.15) is 0 Å². The second-order valence-electron chi connectivity index (χ2n) is 10.2. The number of hydrogen-bond acceptors (Lipinski definition) is 3. The topological polar surface area (TPSA) is 35.5 Å². The minimum absolute atomic E-state index is 0.150. The molecule has 1 aromatic carbocycles. The summed E-state index contributed by atoms with van der Waals surface area (Å²) < 4.78 is 11.2. The van der Waals surface area contributed by atoms with Crippen LogP contribution in [0.1, 0.15) is 70.3 Å². The summed E-state index contributed by atoms with van der Waals surface area (Å²) in [7, 11) is 0. The van der Waals surface area contributed by atoms with Gasteiger partial charge in [-0.25, -0.2) is 0 Å². The number of carbonyl (C=O) groups excluding carboxylic acids is 1. The predicted octanol–water partition coefficient (Wildman–Crippen LogP) is 5.95. The highest BCUT2D eigenvalue weighted by molar-refractivity contribution is 5.94. The monoisotopic (exact) mass is 414 g/mol. The second kappa shape index (κ2) is 7.02. The number of benzene rings is 1. The molecule has 3 nitrogen and oxygen atoms in total. The van der Waals surface area contributed by atoms with Crippen molar-refractivity contribution < 1.29 is 14.3 Å². The van der Waals surface area contributed by atoms with Crippen LogP contribution in [0.3, 0.4) is 0 Å². The molecule has 1 heterocycles. The molecule has 5 aliphatic rings. The second-order valence-corrected chi connectivity index (χ2v) is 10.2. The Morgan fingerprint density at radius 1 is 1.10 bits per heavy atom. The molecule has 160 valence electrons. The van der Waals surface area contributed by atoms with Crippen LogP contribution in [0.4, 0.5) is 0 Å². The highest BCUT2D eigenvalue weighted by atomic mass is 16.7. The first kappa shape index (κ1) is 19.2. The Balaban J connectivity index is 1.43. The van der Waals surface area contributed by atoms with Crippen LogP contribution >= 0.6 is 0 Å². The fourth-order valence-corrected chi connectivity index (χ4v) is 7.46. The summed E-state index contributed by atoms with van der Waals surface area (Å²) in [5, 5.41) is 0. The smallest absolute Gasteiger partial charge is 0.231 e. The molecule has 0 saturated heterocycles. The zero-order chi connectivity index (χ0) is 21.2. The molecule has 2 fully saturated rings. The van der Waals surface area contributed by atoms with Gasteiger partial charge >= 0.3 is 0 Å². The first-order chi connectivity index (χ1) is 15.1. The number of allylic oxidation sites excluding steroid dienone is 4. The lowest BCUT2D eigenvalue weighted by molar-refractivity contribution is -0.115. The van der Waals surface area contributed by atoms with Crippen molar-refractivity contribution in [1.82, 2.24) is 0 Å². The Bertz CT molecular complexity index is 1080. The number of hydrogen-bond donors (Lipinski definition) is 0. The number of fused-ring (bicyclic) bond motifs is 5. The predicted molar refractivity (Wildman–Crippen MR) is 120 cm³/mol. The van der Waals surface area contributed by atoms with E-state index in [2.05, 4.69) is 30.9 Å². The van der Waals surface area contributed by atoms with Gasteiger partial charge in [-0.3, -0.25) is 4.79 Å². The normalized spacial score (nSPS) is 35.5. The van der Waals surface area contributed by atoms with Gasteiger partial charge < -0.3 is 9.47 Å². The van der Waals surface area contributed by atoms with Crippen molar-refractivity contribution in [3.05, 3.63) is 46.6 Å². The van der Waals surface area contributed by atoms with E-state index in [4.69, 9.17) is 9.47 Å². The van der Waals surface area contributed by atoms with Crippen LogP contribution in [0.5, 0.6) is 11.5 Å². The number of ketones is 1. The van der Waals surface area contributed by atoms with E-state index in [9.17, 15) is 4.79 Å². The zero-order valence-electron chi connectivity index (χ0n) is 18.5. The molecule has 0 N–H and O–H groups in total. The van der Waals surface area contributed by atoms with Crippen LogP contribution in [0.25, 0.3) is 0 Å². The van der Waals surface area contributed by atoms with E-state index >= 15 is 0 Å². The molecule has 1 aromatic rings. The Hall–Kier alpha value is -2.47. The molecule has 0 bridgehead atoms. The Labute approximate surface area is 184 Å². The highest BCUT2D eigenvalue weighted by Gasteiger charge is 2.53. The molecule has 0 radical (unpaired) electrons. The summed E-state index contributed by atoms with van der Waals surface area (Å²) in [5.41, 5.74) is 5.98. The van der Waals surface area contributed by atoms with Gasteiger partial charge in [0, 0.05) is 18.3 Å².